The van der Waals surface area contributed by atoms with Gasteiger partial charge >= 0.3 is 6.01 Å². The van der Waals surface area contributed by atoms with E-state index < -0.39 is 5.91 Å². The molecule has 2 aromatic heterocycles. The molecule has 21 heavy (non-hydrogen) atoms. The van der Waals surface area contributed by atoms with Gasteiger partial charge in [0.25, 0.3) is 5.91 Å². The van der Waals surface area contributed by atoms with Crippen LogP contribution in [0.1, 0.15) is 10.4 Å². The number of benzene rings is 1. The van der Waals surface area contributed by atoms with Crippen molar-refractivity contribution in [1.29, 1.82) is 0 Å². The summed E-state index contributed by atoms with van der Waals surface area (Å²) in [6.45, 7) is 0. The van der Waals surface area contributed by atoms with E-state index in [2.05, 4.69) is 20.5 Å². The van der Waals surface area contributed by atoms with E-state index in [0.717, 1.165) is 5.56 Å². The molecule has 0 atom stereocenters. The van der Waals surface area contributed by atoms with Crippen molar-refractivity contribution in [2.24, 2.45) is 0 Å². The molecular weight excluding hydrogens is 292 g/mol. The van der Waals surface area contributed by atoms with Gasteiger partial charge in [0, 0.05) is 18.0 Å². The molecule has 1 N–H and O–H groups in total. The summed E-state index contributed by atoms with van der Waals surface area (Å²) >= 11 is 5.90. The zero-order chi connectivity index (χ0) is 14.7. The third-order valence-corrected chi connectivity index (χ3v) is 2.98. The Morgan fingerprint density at radius 3 is 2.71 bits per heavy atom. The number of nitrogens with one attached hydrogen (secondary N) is 1. The molecule has 0 radical (unpaired) electrons. The first-order valence-corrected chi connectivity index (χ1v) is 6.41. The average Bonchev–Trinajstić information content (AvgIpc) is 2.97. The van der Waals surface area contributed by atoms with E-state index in [1.54, 1.807) is 0 Å². The average molecular weight is 301 g/mol. The van der Waals surface area contributed by atoms with E-state index >= 15 is 0 Å². The summed E-state index contributed by atoms with van der Waals surface area (Å²) in [5.41, 5.74) is 1.05. The third kappa shape index (κ3) is 2.90. The van der Waals surface area contributed by atoms with Crippen molar-refractivity contribution in [3.05, 3.63) is 59.4 Å². The van der Waals surface area contributed by atoms with E-state index in [0.29, 0.717) is 5.89 Å². The zero-order valence-electron chi connectivity index (χ0n) is 10.7. The predicted octanol–water partition coefficient (Wildman–Crippen LogP) is 3.04. The molecule has 6 nitrogen and oxygen atoms in total. The molecule has 0 saturated carbocycles. The van der Waals surface area contributed by atoms with Crippen LogP contribution in [0.5, 0.6) is 0 Å². The minimum Gasteiger partial charge on any atom is -0.403 e. The molecule has 1 amide bonds. The molecule has 104 valence electrons. The summed E-state index contributed by atoms with van der Waals surface area (Å²) in [5, 5.41) is 10.4. The lowest BCUT2D eigenvalue weighted by molar-refractivity contribution is 0.102. The van der Waals surface area contributed by atoms with E-state index in [9.17, 15) is 4.79 Å². The van der Waals surface area contributed by atoms with Gasteiger partial charge in [0.2, 0.25) is 5.89 Å². The fraction of sp³-hybridized carbons (Fsp3) is 0. The first-order valence-electron chi connectivity index (χ1n) is 6.04. The standard InChI is InChI=1S/C14H9ClN4O2/c15-11-8-16-7-6-10(11)12(20)17-14-19-18-13(21-14)9-4-2-1-3-5-9/h1-8H,(H,17,19,20). The number of rotatable bonds is 3. The number of hydrogen-bond acceptors (Lipinski definition) is 5. The van der Waals surface area contributed by atoms with Crippen LogP contribution in [0.2, 0.25) is 5.02 Å². The molecule has 3 rings (SSSR count). The Kier molecular flexibility index (Phi) is 3.61. The van der Waals surface area contributed by atoms with Crippen molar-refractivity contribution < 1.29 is 9.21 Å². The van der Waals surface area contributed by atoms with E-state index in [1.165, 1.54) is 18.5 Å². The van der Waals surface area contributed by atoms with Gasteiger partial charge in [-0.3, -0.25) is 15.1 Å². The lowest BCUT2D eigenvalue weighted by Crippen LogP contribution is -2.12. The zero-order valence-corrected chi connectivity index (χ0v) is 11.4. The molecule has 0 unspecified atom stereocenters. The molecule has 0 aliphatic rings. The monoisotopic (exact) mass is 300 g/mol. The van der Waals surface area contributed by atoms with Crippen LogP contribution in [-0.4, -0.2) is 21.1 Å². The fourth-order valence-corrected chi connectivity index (χ4v) is 1.90. The molecule has 0 aliphatic heterocycles. The van der Waals surface area contributed by atoms with Gasteiger partial charge in [0.05, 0.1) is 10.6 Å². The molecule has 0 bridgehead atoms. The van der Waals surface area contributed by atoms with Crippen LogP contribution in [-0.2, 0) is 0 Å². The number of carbonyl (C=O) groups excluding carboxylic acids is 1. The van der Waals surface area contributed by atoms with Gasteiger partial charge in [-0.15, -0.1) is 5.10 Å². The van der Waals surface area contributed by atoms with Crippen LogP contribution in [0.25, 0.3) is 11.5 Å². The second-order valence-electron chi connectivity index (χ2n) is 4.09. The maximum Gasteiger partial charge on any atom is 0.322 e. The Balaban J connectivity index is 1.79. The van der Waals surface area contributed by atoms with E-state index in [-0.39, 0.29) is 16.6 Å². The summed E-state index contributed by atoms with van der Waals surface area (Å²) in [4.78, 5) is 15.8. The van der Waals surface area contributed by atoms with Crippen molar-refractivity contribution in [2.75, 3.05) is 5.32 Å². The molecule has 0 aliphatic carbocycles. The molecular formula is C14H9ClN4O2. The topological polar surface area (TPSA) is 80.9 Å². The normalized spacial score (nSPS) is 10.3. The van der Waals surface area contributed by atoms with Crippen LogP contribution in [0, 0.1) is 0 Å². The fourth-order valence-electron chi connectivity index (χ4n) is 1.69. The molecule has 0 fully saturated rings. The summed E-state index contributed by atoms with van der Waals surface area (Å²) < 4.78 is 5.39. The van der Waals surface area contributed by atoms with E-state index in [1.807, 2.05) is 30.3 Å². The molecule has 0 spiro atoms. The highest BCUT2D eigenvalue weighted by Gasteiger charge is 2.14. The maximum atomic E-state index is 12.0. The van der Waals surface area contributed by atoms with Crippen molar-refractivity contribution in [3.8, 4) is 11.5 Å². The Hall–Kier alpha value is -2.73. The number of amides is 1. The number of anilines is 1. The van der Waals surface area contributed by atoms with Crippen LogP contribution in [0.15, 0.2) is 53.2 Å². The van der Waals surface area contributed by atoms with Gasteiger partial charge in [0.15, 0.2) is 0 Å². The molecule has 1 aromatic carbocycles. The second-order valence-corrected chi connectivity index (χ2v) is 4.50. The largest absolute Gasteiger partial charge is 0.403 e. The quantitative estimate of drug-likeness (QED) is 0.804. The summed E-state index contributed by atoms with van der Waals surface area (Å²) in [6, 6.07) is 10.8. The Morgan fingerprint density at radius 1 is 1.14 bits per heavy atom. The van der Waals surface area contributed by atoms with Gasteiger partial charge in [0.1, 0.15) is 0 Å². The van der Waals surface area contributed by atoms with Crippen molar-refractivity contribution in [2.45, 2.75) is 0 Å². The summed E-state index contributed by atoms with van der Waals surface area (Å²) in [6.07, 6.45) is 2.86. The molecule has 2 heterocycles. The Morgan fingerprint density at radius 2 is 1.95 bits per heavy atom. The van der Waals surface area contributed by atoms with Gasteiger partial charge in [-0.05, 0) is 18.2 Å². The minimum absolute atomic E-state index is 0.00623. The minimum atomic E-state index is -0.439. The first-order chi connectivity index (χ1) is 10.2. The van der Waals surface area contributed by atoms with Crippen LogP contribution < -0.4 is 5.32 Å². The number of aromatic nitrogens is 3. The number of halogens is 1. The van der Waals surface area contributed by atoms with Crippen molar-refractivity contribution in [3.63, 3.8) is 0 Å². The van der Waals surface area contributed by atoms with Crippen LogP contribution >= 0.6 is 11.6 Å². The molecule has 7 heteroatoms. The van der Waals surface area contributed by atoms with Crippen LogP contribution in [0.4, 0.5) is 6.01 Å². The molecule has 3 aromatic rings. The lowest BCUT2D eigenvalue weighted by atomic mass is 10.2. The Labute approximate surface area is 124 Å². The maximum absolute atomic E-state index is 12.0. The summed E-state index contributed by atoms with van der Waals surface area (Å²) in [7, 11) is 0. The SMILES string of the molecule is O=C(Nc1nnc(-c2ccccc2)o1)c1ccncc1Cl. The number of nitrogens with zero attached hydrogens (tertiary/aromatic N) is 3. The van der Waals surface area contributed by atoms with E-state index in [4.69, 9.17) is 16.0 Å². The second kappa shape index (κ2) is 5.72. The lowest BCUT2D eigenvalue weighted by Gasteiger charge is -2.01. The number of carbonyl (C=O) groups is 1. The van der Waals surface area contributed by atoms with Crippen LogP contribution in [0.3, 0.4) is 0 Å². The van der Waals surface area contributed by atoms with Gasteiger partial charge < -0.3 is 4.42 Å². The highest BCUT2D eigenvalue weighted by atomic mass is 35.5. The van der Waals surface area contributed by atoms with Gasteiger partial charge in [-0.1, -0.05) is 34.9 Å². The number of pyridine rings is 1. The Bertz CT molecular complexity index is 773. The van der Waals surface area contributed by atoms with Gasteiger partial charge in [-0.2, -0.15) is 0 Å². The number of hydrogen-bond donors (Lipinski definition) is 1. The van der Waals surface area contributed by atoms with Crippen molar-refractivity contribution >= 4 is 23.5 Å². The highest BCUT2D eigenvalue weighted by molar-refractivity contribution is 6.34. The summed E-state index contributed by atoms with van der Waals surface area (Å²) in [5.74, 6) is -0.114. The highest BCUT2D eigenvalue weighted by Crippen LogP contribution is 2.20. The molecule has 0 saturated heterocycles. The third-order valence-electron chi connectivity index (χ3n) is 2.68. The first kappa shape index (κ1) is 13.3. The smallest absolute Gasteiger partial charge is 0.322 e. The predicted molar refractivity (Wildman–Crippen MR) is 76.9 cm³/mol. The van der Waals surface area contributed by atoms with Gasteiger partial charge in [-0.25, -0.2) is 0 Å². The van der Waals surface area contributed by atoms with Crippen molar-refractivity contribution in [1.82, 2.24) is 15.2 Å².